The van der Waals surface area contributed by atoms with Gasteiger partial charge in [-0.2, -0.15) is 0 Å². The molecular formula is C10H12N4O. The Morgan fingerprint density at radius 1 is 1.33 bits per heavy atom. The number of benzene rings is 1. The number of rotatable bonds is 3. The number of hydrogen-bond donors (Lipinski definition) is 1. The van der Waals surface area contributed by atoms with Crippen molar-refractivity contribution in [3.05, 3.63) is 36.2 Å². The van der Waals surface area contributed by atoms with Gasteiger partial charge in [-0.1, -0.05) is 5.21 Å². The zero-order valence-corrected chi connectivity index (χ0v) is 8.42. The highest BCUT2D eigenvalue weighted by atomic mass is 16.5. The van der Waals surface area contributed by atoms with Gasteiger partial charge in [0.15, 0.2) is 0 Å². The predicted molar refractivity (Wildman–Crippen MR) is 56.2 cm³/mol. The summed E-state index contributed by atoms with van der Waals surface area (Å²) in [5.74, 6) is 0.773. The van der Waals surface area contributed by atoms with Crippen LogP contribution in [0.2, 0.25) is 0 Å². The van der Waals surface area contributed by atoms with Crippen LogP contribution in [-0.2, 0) is 13.7 Å². The predicted octanol–water partition coefficient (Wildman–Crippen LogP) is 0.976. The monoisotopic (exact) mass is 204 g/mol. The molecule has 2 rings (SSSR count). The average molecular weight is 204 g/mol. The lowest BCUT2D eigenvalue weighted by Gasteiger charge is -2.03. The first kappa shape index (κ1) is 9.51. The molecule has 0 saturated carbocycles. The van der Waals surface area contributed by atoms with E-state index in [1.165, 1.54) is 0 Å². The molecule has 0 aliphatic heterocycles. The first-order valence-electron chi connectivity index (χ1n) is 4.57. The van der Waals surface area contributed by atoms with Gasteiger partial charge < -0.3 is 10.5 Å². The maximum absolute atomic E-state index is 5.56. The van der Waals surface area contributed by atoms with E-state index in [-0.39, 0.29) is 0 Å². The molecule has 1 heterocycles. The van der Waals surface area contributed by atoms with Crippen molar-refractivity contribution in [2.24, 2.45) is 7.05 Å². The fourth-order valence-electron chi connectivity index (χ4n) is 1.18. The third kappa shape index (κ3) is 2.46. The van der Waals surface area contributed by atoms with Gasteiger partial charge in [0, 0.05) is 12.7 Å². The van der Waals surface area contributed by atoms with Crippen LogP contribution in [0.15, 0.2) is 30.5 Å². The van der Waals surface area contributed by atoms with E-state index < -0.39 is 0 Å². The van der Waals surface area contributed by atoms with Crippen LogP contribution in [-0.4, -0.2) is 15.0 Å². The molecule has 0 saturated heterocycles. The van der Waals surface area contributed by atoms with E-state index in [1.807, 2.05) is 25.4 Å². The lowest BCUT2D eigenvalue weighted by molar-refractivity contribution is 0.301. The highest BCUT2D eigenvalue weighted by molar-refractivity contribution is 5.41. The molecular weight excluding hydrogens is 192 g/mol. The van der Waals surface area contributed by atoms with Crippen molar-refractivity contribution in [1.82, 2.24) is 15.0 Å². The molecule has 0 aliphatic rings. The van der Waals surface area contributed by atoms with E-state index in [9.17, 15) is 0 Å². The molecule has 0 radical (unpaired) electrons. The lowest BCUT2D eigenvalue weighted by Crippen LogP contribution is -1.95. The SMILES string of the molecule is Cn1cc(COc2ccc(N)cc2)nn1. The Morgan fingerprint density at radius 2 is 2.07 bits per heavy atom. The van der Waals surface area contributed by atoms with Crippen LogP contribution in [0.4, 0.5) is 5.69 Å². The number of aromatic nitrogens is 3. The summed E-state index contributed by atoms with van der Waals surface area (Å²) in [4.78, 5) is 0. The maximum atomic E-state index is 5.56. The van der Waals surface area contributed by atoms with Crippen molar-refractivity contribution < 1.29 is 4.74 Å². The van der Waals surface area contributed by atoms with E-state index >= 15 is 0 Å². The van der Waals surface area contributed by atoms with Gasteiger partial charge in [-0.05, 0) is 24.3 Å². The van der Waals surface area contributed by atoms with E-state index in [0.717, 1.165) is 17.1 Å². The fraction of sp³-hybridized carbons (Fsp3) is 0.200. The minimum absolute atomic E-state index is 0.414. The van der Waals surface area contributed by atoms with Crippen LogP contribution >= 0.6 is 0 Å². The largest absolute Gasteiger partial charge is 0.487 e. The minimum Gasteiger partial charge on any atom is -0.487 e. The standard InChI is InChI=1S/C10H12N4O/c1-14-6-9(12-13-14)7-15-10-4-2-8(11)3-5-10/h2-6H,7,11H2,1H3. The molecule has 2 N–H and O–H groups in total. The summed E-state index contributed by atoms with van der Waals surface area (Å²) in [6, 6.07) is 7.25. The summed E-state index contributed by atoms with van der Waals surface area (Å²) in [6.45, 7) is 0.414. The smallest absolute Gasteiger partial charge is 0.134 e. The molecule has 5 heteroatoms. The molecule has 0 aliphatic carbocycles. The second-order valence-corrected chi connectivity index (χ2v) is 3.24. The van der Waals surface area contributed by atoms with Crippen LogP contribution in [0.3, 0.4) is 0 Å². The summed E-state index contributed by atoms with van der Waals surface area (Å²) in [5.41, 5.74) is 7.08. The summed E-state index contributed by atoms with van der Waals surface area (Å²) in [7, 11) is 1.82. The second kappa shape index (κ2) is 4.00. The summed E-state index contributed by atoms with van der Waals surface area (Å²) >= 11 is 0. The van der Waals surface area contributed by atoms with Crippen LogP contribution in [0.1, 0.15) is 5.69 Å². The van der Waals surface area contributed by atoms with E-state index in [0.29, 0.717) is 6.61 Å². The van der Waals surface area contributed by atoms with Crippen molar-refractivity contribution in [3.8, 4) is 5.75 Å². The van der Waals surface area contributed by atoms with Crippen LogP contribution in [0.5, 0.6) is 5.75 Å². The molecule has 15 heavy (non-hydrogen) atoms. The summed E-state index contributed by atoms with van der Waals surface area (Å²) in [5, 5.41) is 7.72. The average Bonchev–Trinajstić information content (AvgIpc) is 2.64. The van der Waals surface area contributed by atoms with E-state index in [1.54, 1.807) is 16.8 Å². The van der Waals surface area contributed by atoms with Gasteiger partial charge in [0.05, 0.1) is 6.20 Å². The zero-order valence-electron chi connectivity index (χ0n) is 8.42. The van der Waals surface area contributed by atoms with Gasteiger partial charge >= 0.3 is 0 Å². The highest BCUT2D eigenvalue weighted by Gasteiger charge is 1.99. The topological polar surface area (TPSA) is 66.0 Å². The van der Waals surface area contributed by atoms with Crippen LogP contribution in [0, 0.1) is 0 Å². The molecule has 0 amide bonds. The fourth-order valence-corrected chi connectivity index (χ4v) is 1.18. The van der Waals surface area contributed by atoms with Gasteiger partial charge in [0.1, 0.15) is 18.1 Å². The van der Waals surface area contributed by atoms with Crippen LogP contribution < -0.4 is 10.5 Å². The lowest BCUT2D eigenvalue weighted by atomic mass is 10.3. The molecule has 0 spiro atoms. The third-order valence-electron chi connectivity index (χ3n) is 1.92. The van der Waals surface area contributed by atoms with Crippen molar-refractivity contribution in [3.63, 3.8) is 0 Å². The van der Waals surface area contributed by atoms with Crippen molar-refractivity contribution >= 4 is 5.69 Å². The van der Waals surface area contributed by atoms with Crippen molar-refractivity contribution in [2.75, 3.05) is 5.73 Å². The van der Waals surface area contributed by atoms with Gasteiger partial charge in [0.2, 0.25) is 0 Å². The molecule has 0 fully saturated rings. The molecule has 5 nitrogen and oxygen atoms in total. The maximum Gasteiger partial charge on any atom is 0.134 e. The van der Waals surface area contributed by atoms with Crippen molar-refractivity contribution in [2.45, 2.75) is 6.61 Å². The molecule has 0 unspecified atom stereocenters. The minimum atomic E-state index is 0.414. The van der Waals surface area contributed by atoms with Gasteiger partial charge in [0.25, 0.3) is 0 Å². The molecule has 78 valence electrons. The Morgan fingerprint density at radius 3 is 2.67 bits per heavy atom. The third-order valence-corrected chi connectivity index (χ3v) is 1.92. The molecule has 1 aromatic carbocycles. The number of nitrogens with zero attached hydrogens (tertiary/aromatic N) is 3. The molecule has 0 atom stereocenters. The Hall–Kier alpha value is -2.04. The van der Waals surface area contributed by atoms with Gasteiger partial charge in [-0.25, -0.2) is 0 Å². The van der Waals surface area contributed by atoms with E-state index in [4.69, 9.17) is 10.5 Å². The Bertz CT molecular complexity index is 435. The normalized spacial score (nSPS) is 10.2. The number of ether oxygens (including phenoxy) is 1. The number of aryl methyl sites for hydroxylation is 1. The number of nitrogens with two attached hydrogens (primary N) is 1. The molecule has 0 bridgehead atoms. The number of hydrogen-bond acceptors (Lipinski definition) is 4. The van der Waals surface area contributed by atoms with E-state index in [2.05, 4.69) is 10.3 Å². The molecule has 1 aromatic heterocycles. The first-order valence-corrected chi connectivity index (χ1v) is 4.57. The van der Waals surface area contributed by atoms with Crippen molar-refractivity contribution in [1.29, 1.82) is 0 Å². The number of nitrogen functional groups attached to an aromatic ring is 1. The molecule has 2 aromatic rings. The second-order valence-electron chi connectivity index (χ2n) is 3.24. The number of anilines is 1. The van der Waals surface area contributed by atoms with Gasteiger partial charge in [-0.15, -0.1) is 5.10 Å². The van der Waals surface area contributed by atoms with Gasteiger partial charge in [-0.3, -0.25) is 4.68 Å². The summed E-state index contributed by atoms with van der Waals surface area (Å²) in [6.07, 6.45) is 1.82. The van der Waals surface area contributed by atoms with Crippen LogP contribution in [0.25, 0.3) is 0 Å². The quantitative estimate of drug-likeness (QED) is 0.757. The Balaban J connectivity index is 1.96. The zero-order chi connectivity index (χ0) is 10.7. The Kier molecular flexibility index (Phi) is 2.53. The summed E-state index contributed by atoms with van der Waals surface area (Å²) < 4.78 is 7.13. The Labute approximate surface area is 87.5 Å². The highest BCUT2D eigenvalue weighted by Crippen LogP contribution is 2.14. The first-order chi connectivity index (χ1) is 7.24.